The Bertz CT molecular complexity index is 961. The van der Waals surface area contributed by atoms with Gasteiger partial charge < -0.3 is 19.5 Å². The first-order valence-electron chi connectivity index (χ1n) is 10.5. The molecular formula is C24H29NO6. The fraction of sp³-hybridized carbons (Fsp3) is 0.458. The maximum atomic E-state index is 13.6. The number of rotatable bonds is 6. The topological polar surface area (TPSA) is 90.9 Å². The third-order valence-corrected chi connectivity index (χ3v) is 5.85. The molecule has 1 aromatic rings. The molecule has 2 aliphatic rings. The highest BCUT2D eigenvalue weighted by molar-refractivity contribution is 6.12. The van der Waals surface area contributed by atoms with E-state index in [4.69, 9.17) is 14.2 Å². The lowest BCUT2D eigenvalue weighted by Gasteiger charge is -2.38. The van der Waals surface area contributed by atoms with Crippen molar-refractivity contribution < 1.29 is 28.6 Å². The summed E-state index contributed by atoms with van der Waals surface area (Å²) in [5.41, 5.74) is 2.77. The van der Waals surface area contributed by atoms with Crippen molar-refractivity contribution in [2.75, 3.05) is 20.8 Å². The van der Waals surface area contributed by atoms with Crippen LogP contribution in [-0.4, -0.2) is 38.5 Å². The zero-order valence-electron chi connectivity index (χ0n) is 18.6. The molecule has 0 radical (unpaired) electrons. The Hall–Kier alpha value is -3.09. The van der Waals surface area contributed by atoms with E-state index in [0.717, 1.165) is 5.70 Å². The number of nitrogens with one attached hydrogen (secondary N) is 1. The number of ether oxygens (including phenoxy) is 3. The zero-order chi connectivity index (χ0) is 22.7. The summed E-state index contributed by atoms with van der Waals surface area (Å²) in [4.78, 5) is 39.1. The van der Waals surface area contributed by atoms with E-state index in [1.54, 1.807) is 20.1 Å². The van der Waals surface area contributed by atoms with Gasteiger partial charge in [-0.25, -0.2) is 4.79 Å². The average Bonchev–Trinajstić information content (AvgIpc) is 2.76. The number of allylic oxidation sites excluding steroid dienone is 3. The summed E-state index contributed by atoms with van der Waals surface area (Å²) >= 11 is 0. The number of methoxy groups -OCH3 is 2. The summed E-state index contributed by atoms with van der Waals surface area (Å²) < 4.78 is 15.9. The van der Waals surface area contributed by atoms with E-state index in [1.165, 1.54) is 7.11 Å². The van der Waals surface area contributed by atoms with Crippen LogP contribution in [-0.2, 0) is 23.9 Å². The van der Waals surface area contributed by atoms with E-state index in [-0.39, 0.29) is 18.3 Å². The number of Topliss-reactive ketones (excluding diaryl/α,β-unsaturated/α-hetero) is 1. The molecular weight excluding hydrogens is 398 g/mol. The first-order chi connectivity index (χ1) is 14.8. The van der Waals surface area contributed by atoms with Gasteiger partial charge in [-0.2, -0.15) is 0 Å². The van der Waals surface area contributed by atoms with Crippen molar-refractivity contribution in [1.82, 2.24) is 5.32 Å². The molecule has 3 rings (SSSR count). The van der Waals surface area contributed by atoms with E-state index in [2.05, 4.69) is 5.32 Å². The predicted molar refractivity (Wildman–Crippen MR) is 114 cm³/mol. The highest BCUT2D eigenvalue weighted by atomic mass is 16.5. The second-order valence-corrected chi connectivity index (χ2v) is 7.91. The minimum Gasteiger partial charge on any atom is -0.496 e. The normalized spacial score (nSPS) is 23.1. The van der Waals surface area contributed by atoms with Crippen molar-refractivity contribution >= 4 is 17.7 Å². The zero-order valence-corrected chi connectivity index (χ0v) is 18.6. The van der Waals surface area contributed by atoms with Crippen molar-refractivity contribution in [3.8, 4) is 5.75 Å². The van der Waals surface area contributed by atoms with Crippen LogP contribution in [0.15, 0.2) is 46.8 Å². The van der Waals surface area contributed by atoms with Gasteiger partial charge in [-0.1, -0.05) is 32.0 Å². The van der Waals surface area contributed by atoms with E-state index in [9.17, 15) is 14.4 Å². The van der Waals surface area contributed by atoms with Crippen molar-refractivity contribution in [1.29, 1.82) is 0 Å². The Labute approximate surface area is 182 Å². The molecule has 0 spiro atoms. The summed E-state index contributed by atoms with van der Waals surface area (Å²) in [5, 5.41) is 3.25. The maximum Gasteiger partial charge on any atom is 0.336 e. The number of dihydropyridines is 1. The molecule has 3 atom stereocenters. The van der Waals surface area contributed by atoms with Crippen LogP contribution in [0.4, 0.5) is 0 Å². The Morgan fingerprint density at radius 2 is 1.90 bits per heavy atom. The molecule has 0 unspecified atom stereocenters. The molecule has 31 heavy (non-hydrogen) atoms. The van der Waals surface area contributed by atoms with E-state index in [1.807, 2.05) is 32.0 Å². The van der Waals surface area contributed by atoms with Crippen LogP contribution < -0.4 is 10.1 Å². The molecule has 7 nitrogen and oxygen atoms in total. The van der Waals surface area contributed by atoms with Crippen LogP contribution >= 0.6 is 0 Å². The van der Waals surface area contributed by atoms with Gasteiger partial charge in [-0.3, -0.25) is 9.59 Å². The van der Waals surface area contributed by atoms with E-state index in [0.29, 0.717) is 41.0 Å². The SMILES string of the molecule is CCCOC(=O)C1=C(C)NC2=C(C(=O)[C@@H](C(=O)OC)[C@H](C)C2)[C@H]1c1ccccc1OC. The number of hydrogen-bond acceptors (Lipinski definition) is 7. The molecule has 0 amide bonds. The van der Waals surface area contributed by atoms with Gasteiger partial charge in [0.2, 0.25) is 0 Å². The second-order valence-electron chi connectivity index (χ2n) is 7.91. The van der Waals surface area contributed by atoms with Gasteiger partial charge in [0.05, 0.1) is 32.3 Å². The number of carbonyl (C=O) groups excluding carboxylic acids is 3. The van der Waals surface area contributed by atoms with Gasteiger partial charge in [0.1, 0.15) is 11.7 Å². The number of benzene rings is 1. The Kier molecular flexibility index (Phi) is 6.83. The van der Waals surface area contributed by atoms with Crippen LogP contribution in [0.2, 0.25) is 0 Å². The molecule has 7 heteroatoms. The number of carbonyl (C=O) groups is 3. The van der Waals surface area contributed by atoms with Gasteiger partial charge in [-0.05, 0) is 31.7 Å². The lowest BCUT2D eigenvalue weighted by molar-refractivity contribution is -0.151. The van der Waals surface area contributed by atoms with Crippen LogP contribution in [0.1, 0.15) is 45.1 Å². The summed E-state index contributed by atoms with van der Waals surface area (Å²) in [5.74, 6) is -2.70. The number of ketones is 1. The van der Waals surface area contributed by atoms with Crippen LogP contribution in [0.5, 0.6) is 5.75 Å². The molecule has 1 N–H and O–H groups in total. The van der Waals surface area contributed by atoms with Gasteiger partial charge in [0.25, 0.3) is 0 Å². The monoisotopic (exact) mass is 427 g/mol. The highest BCUT2D eigenvalue weighted by Gasteiger charge is 2.47. The first-order valence-corrected chi connectivity index (χ1v) is 10.5. The lowest BCUT2D eigenvalue weighted by atomic mass is 9.69. The minimum atomic E-state index is -0.922. The van der Waals surface area contributed by atoms with Crippen molar-refractivity contribution in [2.45, 2.75) is 39.5 Å². The Morgan fingerprint density at radius 1 is 1.19 bits per heavy atom. The molecule has 1 aliphatic heterocycles. The van der Waals surface area contributed by atoms with Crippen LogP contribution in [0, 0.1) is 11.8 Å². The fourth-order valence-electron chi connectivity index (χ4n) is 4.44. The first kappa shape index (κ1) is 22.6. The molecule has 1 aromatic carbocycles. The van der Waals surface area contributed by atoms with Gasteiger partial charge in [-0.15, -0.1) is 0 Å². The van der Waals surface area contributed by atoms with Crippen molar-refractivity contribution in [3.63, 3.8) is 0 Å². The van der Waals surface area contributed by atoms with E-state index < -0.39 is 23.8 Å². The number of hydrogen-bond donors (Lipinski definition) is 1. The van der Waals surface area contributed by atoms with Crippen molar-refractivity contribution in [2.24, 2.45) is 11.8 Å². The standard InChI is InChI=1S/C24H29NO6/c1-6-11-31-24(28)19-14(3)25-16-12-13(2)18(23(27)30-5)22(26)21(16)20(19)15-9-7-8-10-17(15)29-4/h7-10,13,18,20,25H,6,11-12H2,1-5H3/t13-,18+,20+/m1/s1. The molecule has 0 saturated carbocycles. The Morgan fingerprint density at radius 3 is 2.55 bits per heavy atom. The Balaban J connectivity index is 2.20. The predicted octanol–water partition coefficient (Wildman–Crippen LogP) is 3.26. The summed E-state index contributed by atoms with van der Waals surface area (Å²) in [6.45, 7) is 5.85. The molecule has 1 heterocycles. The molecule has 1 aliphatic carbocycles. The second kappa shape index (κ2) is 9.37. The van der Waals surface area contributed by atoms with Crippen molar-refractivity contribution in [3.05, 3.63) is 52.4 Å². The molecule has 0 aromatic heterocycles. The maximum absolute atomic E-state index is 13.6. The average molecular weight is 427 g/mol. The highest BCUT2D eigenvalue weighted by Crippen LogP contribution is 2.47. The quantitative estimate of drug-likeness (QED) is 0.550. The fourth-order valence-corrected chi connectivity index (χ4v) is 4.44. The largest absolute Gasteiger partial charge is 0.496 e. The van der Waals surface area contributed by atoms with Crippen LogP contribution in [0.25, 0.3) is 0 Å². The van der Waals surface area contributed by atoms with E-state index >= 15 is 0 Å². The van der Waals surface area contributed by atoms with Crippen LogP contribution in [0.3, 0.4) is 0 Å². The smallest absolute Gasteiger partial charge is 0.336 e. The van der Waals surface area contributed by atoms with Gasteiger partial charge >= 0.3 is 11.9 Å². The molecule has 0 bridgehead atoms. The summed E-state index contributed by atoms with van der Waals surface area (Å²) in [7, 11) is 2.82. The molecule has 166 valence electrons. The third-order valence-electron chi connectivity index (χ3n) is 5.85. The summed E-state index contributed by atoms with van der Waals surface area (Å²) in [6, 6.07) is 7.28. The third kappa shape index (κ3) is 4.09. The summed E-state index contributed by atoms with van der Waals surface area (Å²) in [6.07, 6.45) is 1.17. The van der Waals surface area contributed by atoms with Gasteiger partial charge in [0, 0.05) is 22.5 Å². The number of esters is 2. The van der Waals surface area contributed by atoms with Gasteiger partial charge in [0.15, 0.2) is 5.78 Å². The number of para-hydroxylation sites is 1. The molecule has 0 fully saturated rings. The lowest BCUT2D eigenvalue weighted by Crippen LogP contribution is -2.43. The molecule has 0 saturated heterocycles. The minimum absolute atomic E-state index is 0.231.